The van der Waals surface area contributed by atoms with Gasteiger partial charge in [-0.25, -0.2) is 0 Å². The van der Waals surface area contributed by atoms with E-state index in [0.717, 1.165) is 11.0 Å². The maximum atomic E-state index is 10.7. The van der Waals surface area contributed by atoms with Crippen LogP contribution >= 0.6 is 0 Å². The maximum Gasteiger partial charge on any atom is 0.313 e. The number of ether oxygens (including phenoxy) is 1. The fourth-order valence-electron chi connectivity index (χ4n) is 2.23. The van der Waals surface area contributed by atoms with Crippen molar-refractivity contribution in [2.24, 2.45) is 0 Å². The van der Waals surface area contributed by atoms with E-state index in [9.17, 15) is 9.90 Å². The van der Waals surface area contributed by atoms with E-state index in [4.69, 9.17) is 14.5 Å². The molecule has 0 spiro atoms. The molecule has 0 radical (unpaired) electrons. The number of fused-ring (bicyclic) bond motifs is 1. The molecule has 0 saturated heterocycles. The third-order valence-corrected chi connectivity index (χ3v) is 2.87. The number of carbonyl (C=O) groups is 1. The predicted molar refractivity (Wildman–Crippen MR) is 61.7 cm³/mol. The molecule has 1 aromatic rings. The molecule has 17 heavy (non-hydrogen) atoms. The largest absolute Gasteiger partial charge is 0.497 e. The number of aliphatic carboxylic acids is 1. The molecule has 90 valence electrons. The number of hydrogen-bond acceptors (Lipinski definition) is 4. The Hall–Kier alpha value is -1.53. The summed E-state index contributed by atoms with van der Waals surface area (Å²) in [6, 6.07) is 3.50. The maximum absolute atomic E-state index is 10.7. The van der Waals surface area contributed by atoms with Crippen LogP contribution in [-0.4, -0.2) is 30.8 Å². The normalized spacial score (nSPS) is 21.8. The van der Waals surface area contributed by atoms with Crippen LogP contribution in [0.15, 0.2) is 12.1 Å². The number of carboxylic acid groups (broad SMARTS) is 1. The van der Waals surface area contributed by atoms with Crippen molar-refractivity contribution in [1.29, 1.82) is 0 Å². The summed E-state index contributed by atoms with van der Waals surface area (Å²) in [5.74, 6) is -2.16. The van der Waals surface area contributed by atoms with Crippen molar-refractivity contribution in [1.82, 2.24) is 0 Å². The summed E-state index contributed by atoms with van der Waals surface area (Å²) in [7, 11) is 1.75. The van der Waals surface area contributed by atoms with E-state index in [-0.39, 0.29) is 7.48 Å². The van der Waals surface area contributed by atoms with Crippen LogP contribution in [0.2, 0.25) is 0 Å². The van der Waals surface area contributed by atoms with E-state index in [1.807, 2.05) is 0 Å². The summed E-state index contributed by atoms with van der Waals surface area (Å²) >= 11 is 0. The smallest absolute Gasteiger partial charge is 0.313 e. The summed E-state index contributed by atoms with van der Waals surface area (Å²) in [5.41, 5.74) is 2.08. The molecule has 1 aliphatic rings. The lowest BCUT2D eigenvalue weighted by molar-refractivity contribution is -0.169. The lowest BCUT2D eigenvalue weighted by Crippen LogP contribution is -2.30. The number of benzene rings is 1. The molecule has 2 rings (SSSR count). The molecule has 0 saturated carbocycles. The third kappa shape index (κ3) is 2.01. The Morgan fingerprint density at radius 2 is 2.29 bits per heavy atom. The lowest BCUT2D eigenvalue weighted by atomic mass is 9.83. The van der Waals surface area contributed by atoms with Crippen molar-refractivity contribution in [2.75, 3.05) is 7.11 Å². The van der Waals surface area contributed by atoms with E-state index >= 15 is 0 Å². The summed E-state index contributed by atoms with van der Waals surface area (Å²) < 4.78 is 10.3. The van der Waals surface area contributed by atoms with Gasteiger partial charge in [0.05, 0.1) is 7.11 Å². The predicted octanol–water partition coefficient (Wildman–Crippen LogP) is -0.370. The van der Waals surface area contributed by atoms with E-state index < -0.39 is 18.2 Å². The summed E-state index contributed by atoms with van der Waals surface area (Å²) in [6.45, 7) is 1.79. The standard InChI is InChI=1S/C11H13BO5/c1-6-3-7(16-2)4-8-10(6)11(15,17-12-8)5-9(13)14/h3-4,12,15H,5H2,1-2H3,(H,13,14)/t11-/m1/s1. The van der Waals surface area contributed by atoms with Crippen molar-refractivity contribution < 1.29 is 24.4 Å². The molecule has 0 bridgehead atoms. The fourth-order valence-corrected chi connectivity index (χ4v) is 2.23. The minimum absolute atomic E-state index is 0.192. The second-order valence-corrected chi connectivity index (χ2v) is 4.12. The third-order valence-electron chi connectivity index (χ3n) is 2.87. The first kappa shape index (κ1) is 11.9. The van der Waals surface area contributed by atoms with Crippen molar-refractivity contribution in [3.05, 3.63) is 23.3 Å². The zero-order valence-corrected chi connectivity index (χ0v) is 9.69. The quantitative estimate of drug-likeness (QED) is 0.700. The molecule has 5 nitrogen and oxygen atoms in total. The highest BCUT2D eigenvalue weighted by atomic mass is 16.6. The number of carboxylic acids is 1. The van der Waals surface area contributed by atoms with Crippen molar-refractivity contribution in [3.8, 4) is 5.75 Å². The van der Waals surface area contributed by atoms with E-state index in [0.29, 0.717) is 11.3 Å². The van der Waals surface area contributed by atoms with Crippen LogP contribution in [0.1, 0.15) is 17.5 Å². The summed E-state index contributed by atoms with van der Waals surface area (Å²) in [5, 5.41) is 19.0. The topological polar surface area (TPSA) is 76.0 Å². The van der Waals surface area contributed by atoms with Gasteiger partial charge < -0.3 is 19.6 Å². The number of aliphatic hydroxyl groups is 1. The Morgan fingerprint density at radius 1 is 1.59 bits per heavy atom. The van der Waals surface area contributed by atoms with Gasteiger partial charge in [0, 0.05) is 5.56 Å². The highest BCUT2D eigenvalue weighted by Gasteiger charge is 2.41. The zero-order chi connectivity index (χ0) is 12.6. The first-order valence-electron chi connectivity index (χ1n) is 5.22. The average Bonchev–Trinajstić information content (AvgIpc) is 2.55. The second kappa shape index (κ2) is 4.05. The van der Waals surface area contributed by atoms with Crippen LogP contribution in [0.5, 0.6) is 5.75 Å². The molecule has 2 N–H and O–H groups in total. The highest BCUT2D eigenvalue weighted by Crippen LogP contribution is 2.33. The molecule has 1 aliphatic heterocycles. The van der Waals surface area contributed by atoms with Gasteiger partial charge >= 0.3 is 13.5 Å². The van der Waals surface area contributed by atoms with Crippen LogP contribution in [0.25, 0.3) is 0 Å². The van der Waals surface area contributed by atoms with Crippen LogP contribution in [0, 0.1) is 6.92 Å². The van der Waals surface area contributed by atoms with Crippen molar-refractivity contribution in [3.63, 3.8) is 0 Å². The van der Waals surface area contributed by atoms with Crippen LogP contribution in [0.4, 0.5) is 0 Å². The molecule has 1 heterocycles. The molecule has 0 aromatic heterocycles. The van der Waals surface area contributed by atoms with Gasteiger partial charge in [0.25, 0.3) is 0 Å². The molecule has 1 atom stereocenters. The SMILES string of the molecule is COc1cc(C)c2c(c1)BO[C@]2(O)CC(=O)O. The molecule has 0 fully saturated rings. The Kier molecular flexibility index (Phi) is 2.85. The Labute approximate surface area is 99.2 Å². The van der Waals surface area contributed by atoms with Crippen LogP contribution in [0.3, 0.4) is 0 Å². The minimum atomic E-state index is -1.72. The molecular formula is C11H13BO5. The fraction of sp³-hybridized carbons (Fsp3) is 0.364. The summed E-state index contributed by atoms with van der Waals surface area (Å²) in [4.78, 5) is 10.7. The molecule has 0 unspecified atom stereocenters. The monoisotopic (exact) mass is 236 g/mol. The number of aryl methyl sites for hydroxylation is 1. The van der Waals surface area contributed by atoms with Gasteiger partial charge in [0.2, 0.25) is 0 Å². The zero-order valence-electron chi connectivity index (χ0n) is 9.69. The molecule has 0 amide bonds. The minimum Gasteiger partial charge on any atom is -0.497 e. The van der Waals surface area contributed by atoms with E-state index in [2.05, 4.69) is 0 Å². The van der Waals surface area contributed by atoms with Gasteiger partial charge in [-0.1, -0.05) is 0 Å². The van der Waals surface area contributed by atoms with Crippen molar-refractivity contribution in [2.45, 2.75) is 19.1 Å². The number of rotatable bonds is 3. The Morgan fingerprint density at radius 3 is 2.88 bits per heavy atom. The van der Waals surface area contributed by atoms with Gasteiger partial charge in [0.15, 0.2) is 5.79 Å². The first-order chi connectivity index (χ1) is 7.96. The Bertz CT molecular complexity index is 473. The molecule has 1 aromatic carbocycles. The number of hydrogen-bond donors (Lipinski definition) is 2. The van der Waals surface area contributed by atoms with E-state index in [1.54, 1.807) is 26.2 Å². The van der Waals surface area contributed by atoms with Gasteiger partial charge in [-0.3, -0.25) is 4.79 Å². The van der Waals surface area contributed by atoms with Crippen LogP contribution in [-0.2, 0) is 15.2 Å². The molecule has 0 aliphatic carbocycles. The van der Waals surface area contributed by atoms with Gasteiger partial charge in [-0.15, -0.1) is 0 Å². The molecule has 6 heteroatoms. The van der Waals surface area contributed by atoms with Crippen molar-refractivity contribution >= 4 is 18.9 Å². The van der Waals surface area contributed by atoms with Gasteiger partial charge in [0.1, 0.15) is 12.2 Å². The second-order valence-electron chi connectivity index (χ2n) is 4.12. The lowest BCUT2D eigenvalue weighted by Gasteiger charge is -2.23. The van der Waals surface area contributed by atoms with Gasteiger partial charge in [-0.05, 0) is 30.1 Å². The molecular weight excluding hydrogens is 223 g/mol. The number of methoxy groups -OCH3 is 1. The first-order valence-corrected chi connectivity index (χ1v) is 5.22. The van der Waals surface area contributed by atoms with Gasteiger partial charge in [-0.2, -0.15) is 0 Å². The van der Waals surface area contributed by atoms with Crippen LogP contribution < -0.4 is 10.2 Å². The summed E-state index contributed by atoms with van der Waals surface area (Å²) in [6.07, 6.45) is -0.465. The Balaban J connectivity index is 2.47. The van der Waals surface area contributed by atoms with E-state index in [1.165, 1.54) is 0 Å². The average molecular weight is 236 g/mol. The highest BCUT2D eigenvalue weighted by molar-refractivity contribution is 6.49.